The number of ether oxygens (including phenoxy) is 3. The summed E-state index contributed by atoms with van der Waals surface area (Å²) in [6.07, 6.45) is -10.1. The lowest BCUT2D eigenvalue weighted by Gasteiger charge is -2.21. The highest BCUT2D eigenvalue weighted by atomic mass is 19.4. The number of halogens is 6. The number of amides is 2. The minimum Gasteiger partial charge on any atom is -0.497 e. The number of carboxylic acid groups (broad SMARTS) is 1. The number of anilines is 1. The van der Waals surface area contributed by atoms with Gasteiger partial charge >= 0.3 is 24.3 Å². The van der Waals surface area contributed by atoms with E-state index in [0.717, 1.165) is 36.3 Å². The molecule has 2 amide bonds. The molecule has 0 aliphatic rings. The van der Waals surface area contributed by atoms with Gasteiger partial charge in [-0.05, 0) is 77.9 Å². The summed E-state index contributed by atoms with van der Waals surface area (Å²) in [7, 11) is 2.27. The van der Waals surface area contributed by atoms with Crippen LogP contribution in [0.25, 0.3) is 0 Å². The second kappa shape index (κ2) is 15.7. The lowest BCUT2D eigenvalue weighted by Crippen LogP contribution is -2.35. The number of methoxy groups -OCH3 is 2. The minimum absolute atomic E-state index is 0.0272. The van der Waals surface area contributed by atoms with E-state index >= 15 is 0 Å². The zero-order valence-electron chi connectivity index (χ0n) is 26.7. The van der Waals surface area contributed by atoms with Crippen LogP contribution in [0.4, 0.5) is 32.0 Å². The van der Waals surface area contributed by atoms with Crippen molar-refractivity contribution in [1.29, 1.82) is 0 Å². The van der Waals surface area contributed by atoms with Gasteiger partial charge < -0.3 is 29.5 Å². The number of hydrogen-bond acceptors (Lipinski definition) is 7. The molecule has 0 atom stereocenters. The smallest absolute Gasteiger partial charge is 0.419 e. The van der Waals surface area contributed by atoms with Gasteiger partial charge in [0.1, 0.15) is 23.8 Å². The number of aliphatic carboxylic acids is 1. The maximum absolute atomic E-state index is 13.5. The number of alkyl halides is 6. The van der Waals surface area contributed by atoms with Crippen molar-refractivity contribution in [2.75, 3.05) is 26.1 Å². The lowest BCUT2D eigenvalue weighted by molar-refractivity contribution is -0.139. The summed E-state index contributed by atoms with van der Waals surface area (Å²) in [6, 6.07) is 16.6. The van der Waals surface area contributed by atoms with Crippen LogP contribution in [0.1, 0.15) is 43.0 Å². The Morgan fingerprint density at radius 3 is 1.90 bits per heavy atom. The lowest BCUT2D eigenvalue weighted by atomic mass is 10.0. The Hall–Kier alpha value is -6.06. The first-order valence-corrected chi connectivity index (χ1v) is 14.7. The maximum Gasteiger partial charge on any atom is 0.419 e. The van der Waals surface area contributed by atoms with Gasteiger partial charge in [-0.25, -0.2) is 4.79 Å². The standard InChI is InChI=1S/C35H28F6N2O8/c1-49-26-13-7-22(27(17-26)34(36,37)38)16-30(44)42-24-9-5-21(6-10-24)32(47)43(19-31(45)46)18-20-3-11-25(12-4-20)51-33(48)23-8-14-29(50-2)28(15-23)35(39,40)41/h3-15,17H,16,18-19H2,1-2H3,(H,42,44)(H,45,46). The fourth-order valence-corrected chi connectivity index (χ4v) is 4.83. The molecule has 16 heteroatoms. The molecule has 0 heterocycles. The molecule has 0 saturated carbocycles. The third-order valence-corrected chi connectivity index (χ3v) is 7.25. The molecule has 0 aliphatic heterocycles. The number of rotatable bonds is 12. The number of nitrogens with one attached hydrogen (secondary N) is 1. The number of nitrogens with zero attached hydrogens (tertiary/aromatic N) is 1. The molecular formula is C35H28F6N2O8. The zero-order chi connectivity index (χ0) is 37.5. The molecule has 4 aromatic rings. The molecule has 268 valence electrons. The highest BCUT2D eigenvalue weighted by Gasteiger charge is 2.36. The molecule has 0 fully saturated rings. The van der Waals surface area contributed by atoms with Crippen molar-refractivity contribution in [2.24, 2.45) is 0 Å². The van der Waals surface area contributed by atoms with Gasteiger partial charge in [-0.1, -0.05) is 18.2 Å². The summed E-state index contributed by atoms with van der Waals surface area (Å²) in [6.45, 7) is -0.925. The van der Waals surface area contributed by atoms with Crippen molar-refractivity contribution in [3.63, 3.8) is 0 Å². The van der Waals surface area contributed by atoms with Crippen molar-refractivity contribution in [3.8, 4) is 17.2 Å². The summed E-state index contributed by atoms with van der Waals surface area (Å²) in [5.74, 6) is -4.42. The summed E-state index contributed by atoms with van der Waals surface area (Å²) >= 11 is 0. The van der Waals surface area contributed by atoms with Crippen LogP contribution in [0.5, 0.6) is 17.2 Å². The van der Waals surface area contributed by atoms with Gasteiger partial charge in [-0.15, -0.1) is 0 Å². The van der Waals surface area contributed by atoms with Crippen molar-refractivity contribution in [2.45, 2.75) is 25.3 Å². The van der Waals surface area contributed by atoms with E-state index < -0.39 is 65.9 Å². The first-order valence-electron chi connectivity index (χ1n) is 14.7. The topological polar surface area (TPSA) is 131 Å². The fourth-order valence-electron chi connectivity index (χ4n) is 4.83. The van der Waals surface area contributed by atoms with Gasteiger partial charge in [0.25, 0.3) is 5.91 Å². The van der Waals surface area contributed by atoms with Crippen molar-refractivity contribution in [3.05, 3.63) is 118 Å². The number of carbonyl (C=O) groups excluding carboxylic acids is 3. The summed E-state index contributed by atoms with van der Waals surface area (Å²) < 4.78 is 95.3. The van der Waals surface area contributed by atoms with E-state index in [1.165, 1.54) is 61.7 Å². The molecule has 0 aliphatic carbocycles. The zero-order valence-corrected chi connectivity index (χ0v) is 26.7. The van der Waals surface area contributed by atoms with E-state index in [-0.39, 0.29) is 40.4 Å². The molecule has 0 spiro atoms. The van der Waals surface area contributed by atoms with Crippen LogP contribution >= 0.6 is 0 Å². The first-order chi connectivity index (χ1) is 24.0. The average Bonchev–Trinajstić information content (AvgIpc) is 3.07. The van der Waals surface area contributed by atoms with E-state index in [4.69, 9.17) is 14.2 Å². The number of benzene rings is 4. The van der Waals surface area contributed by atoms with Gasteiger partial charge in [0.2, 0.25) is 5.91 Å². The van der Waals surface area contributed by atoms with E-state index in [1.807, 2.05) is 0 Å². The second-order valence-electron chi connectivity index (χ2n) is 10.8. The Morgan fingerprint density at radius 2 is 1.33 bits per heavy atom. The van der Waals surface area contributed by atoms with E-state index in [2.05, 4.69) is 5.32 Å². The minimum atomic E-state index is -4.79. The van der Waals surface area contributed by atoms with E-state index in [9.17, 15) is 50.6 Å². The Kier molecular flexibility index (Phi) is 11.6. The van der Waals surface area contributed by atoms with Crippen LogP contribution in [-0.4, -0.2) is 54.5 Å². The molecule has 4 aromatic carbocycles. The monoisotopic (exact) mass is 718 g/mol. The SMILES string of the molecule is COc1ccc(CC(=O)Nc2ccc(C(=O)N(CC(=O)O)Cc3ccc(OC(=O)c4ccc(OC)c(C(F)(F)F)c4)cc3)cc2)c(C(F)(F)F)c1. The molecule has 0 bridgehead atoms. The van der Waals surface area contributed by atoms with E-state index in [0.29, 0.717) is 11.6 Å². The number of hydrogen-bond donors (Lipinski definition) is 2. The largest absolute Gasteiger partial charge is 0.497 e. The Labute approximate surface area is 286 Å². The molecule has 0 saturated heterocycles. The number of carboxylic acids is 1. The van der Waals surface area contributed by atoms with Crippen LogP contribution in [0.3, 0.4) is 0 Å². The van der Waals surface area contributed by atoms with Crippen LogP contribution in [0.2, 0.25) is 0 Å². The van der Waals surface area contributed by atoms with Crippen LogP contribution in [0.15, 0.2) is 84.9 Å². The third kappa shape index (κ3) is 9.99. The molecule has 4 rings (SSSR count). The summed E-state index contributed by atoms with van der Waals surface area (Å²) in [5.41, 5.74) is -2.24. The molecule has 0 aromatic heterocycles. The Bertz CT molecular complexity index is 1910. The van der Waals surface area contributed by atoms with Gasteiger partial charge in [0, 0.05) is 17.8 Å². The molecule has 51 heavy (non-hydrogen) atoms. The molecule has 0 unspecified atom stereocenters. The average molecular weight is 719 g/mol. The van der Waals surface area contributed by atoms with Crippen molar-refractivity contribution < 1.29 is 64.8 Å². The Morgan fingerprint density at radius 1 is 0.725 bits per heavy atom. The number of carbonyl (C=O) groups is 4. The second-order valence-corrected chi connectivity index (χ2v) is 10.8. The highest BCUT2D eigenvalue weighted by molar-refractivity contribution is 5.97. The van der Waals surface area contributed by atoms with Gasteiger partial charge in [0.15, 0.2) is 0 Å². The maximum atomic E-state index is 13.5. The predicted octanol–water partition coefficient (Wildman–Crippen LogP) is 6.87. The summed E-state index contributed by atoms with van der Waals surface area (Å²) in [5, 5.41) is 11.9. The molecular weight excluding hydrogens is 690 g/mol. The molecule has 2 N–H and O–H groups in total. The van der Waals surface area contributed by atoms with Gasteiger partial charge in [-0.2, -0.15) is 26.3 Å². The quantitative estimate of drug-likeness (QED) is 0.0923. The fraction of sp³-hybridized carbons (Fsp3) is 0.200. The normalized spacial score (nSPS) is 11.4. The highest BCUT2D eigenvalue weighted by Crippen LogP contribution is 2.37. The Balaban J connectivity index is 1.41. The molecule has 0 radical (unpaired) electrons. The van der Waals surface area contributed by atoms with Crippen molar-refractivity contribution >= 4 is 29.4 Å². The van der Waals surface area contributed by atoms with Crippen LogP contribution in [0, 0.1) is 0 Å². The van der Waals surface area contributed by atoms with Gasteiger partial charge in [0.05, 0.1) is 37.3 Å². The number of esters is 1. The van der Waals surface area contributed by atoms with Crippen LogP contribution < -0.4 is 19.5 Å². The summed E-state index contributed by atoms with van der Waals surface area (Å²) in [4.78, 5) is 50.9. The molecule has 10 nitrogen and oxygen atoms in total. The predicted molar refractivity (Wildman–Crippen MR) is 169 cm³/mol. The van der Waals surface area contributed by atoms with Gasteiger partial charge in [-0.3, -0.25) is 14.4 Å². The van der Waals surface area contributed by atoms with Crippen molar-refractivity contribution in [1.82, 2.24) is 4.90 Å². The van der Waals surface area contributed by atoms with E-state index in [1.54, 1.807) is 0 Å². The van der Waals surface area contributed by atoms with Crippen LogP contribution in [-0.2, 0) is 34.9 Å². The third-order valence-electron chi connectivity index (χ3n) is 7.25. The first kappa shape index (κ1) is 37.8.